The van der Waals surface area contributed by atoms with Crippen molar-refractivity contribution in [3.8, 4) is 17.2 Å². The Morgan fingerprint density at radius 3 is 2.42 bits per heavy atom. The number of carbonyl (C=O) groups excluding carboxylic acids is 3. The number of thioether (sulfide) groups is 1. The van der Waals surface area contributed by atoms with Crippen molar-refractivity contribution in [2.75, 3.05) is 39.3 Å². The van der Waals surface area contributed by atoms with Crippen LogP contribution in [0.1, 0.15) is 36.2 Å². The highest BCUT2D eigenvalue weighted by Crippen LogP contribution is 2.33. The number of nitrogens with zero attached hydrogens (tertiary/aromatic N) is 2. The molecule has 0 unspecified atom stereocenters. The van der Waals surface area contributed by atoms with Crippen LogP contribution in [-0.2, 0) is 20.7 Å². The summed E-state index contributed by atoms with van der Waals surface area (Å²) in [6.07, 6.45) is 0.493. The molecule has 1 atom stereocenters. The number of ether oxygens (including phenoxy) is 4. The van der Waals surface area contributed by atoms with Crippen LogP contribution < -0.4 is 19.5 Å². The Morgan fingerprint density at radius 2 is 1.72 bits per heavy atom. The van der Waals surface area contributed by atoms with Crippen LogP contribution >= 0.6 is 11.8 Å². The molecule has 1 fully saturated rings. The molecule has 10 nitrogen and oxygen atoms in total. The van der Waals surface area contributed by atoms with Gasteiger partial charge >= 0.3 is 5.97 Å². The summed E-state index contributed by atoms with van der Waals surface area (Å²) in [4.78, 5) is 45.0. The van der Waals surface area contributed by atoms with E-state index < -0.39 is 11.2 Å². The number of nitrogens with one attached hydrogen (secondary N) is 1. The van der Waals surface area contributed by atoms with E-state index in [2.05, 4.69) is 5.32 Å². The maximum absolute atomic E-state index is 13.6. The maximum atomic E-state index is 13.6. The lowest BCUT2D eigenvalue weighted by molar-refractivity contribution is -0.128. The maximum Gasteiger partial charge on any atom is 0.338 e. The first-order valence-electron chi connectivity index (χ1n) is 13.9. The van der Waals surface area contributed by atoms with Crippen molar-refractivity contribution in [3.63, 3.8) is 0 Å². The topological polar surface area (TPSA) is 116 Å². The van der Waals surface area contributed by atoms with Crippen molar-refractivity contribution in [2.45, 2.75) is 31.9 Å². The fourth-order valence-corrected chi connectivity index (χ4v) is 5.60. The zero-order valence-electron chi connectivity index (χ0n) is 24.6. The number of amidine groups is 1. The lowest BCUT2D eigenvalue weighted by Crippen LogP contribution is -2.35. The smallest absolute Gasteiger partial charge is 0.338 e. The average molecular weight is 606 g/mol. The van der Waals surface area contributed by atoms with E-state index in [1.165, 1.54) is 11.8 Å². The SMILES string of the molecule is CCOC(=O)c1ccc(N=C2S[C@@H](CC(=O)Nc3cccc(OCC)c3)C(=O)N2CCc2ccc(OC)c(OC)c2)cc1. The Bertz CT molecular complexity index is 1480. The zero-order chi connectivity index (χ0) is 30.8. The van der Waals surface area contributed by atoms with E-state index in [1.54, 1.807) is 68.5 Å². The molecular weight excluding hydrogens is 570 g/mol. The number of anilines is 1. The minimum Gasteiger partial charge on any atom is -0.494 e. The van der Waals surface area contributed by atoms with Crippen molar-refractivity contribution >= 4 is 46.1 Å². The lowest BCUT2D eigenvalue weighted by Gasteiger charge is -2.17. The third kappa shape index (κ3) is 8.29. The number of rotatable bonds is 13. The summed E-state index contributed by atoms with van der Waals surface area (Å²) in [5.41, 5.74) is 2.52. The van der Waals surface area contributed by atoms with Crippen LogP contribution in [0, 0.1) is 0 Å². The number of carbonyl (C=O) groups is 3. The second-order valence-electron chi connectivity index (χ2n) is 9.41. The molecule has 11 heteroatoms. The predicted molar refractivity (Wildman–Crippen MR) is 167 cm³/mol. The van der Waals surface area contributed by atoms with E-state index in [0.717, 1.165) is 5.56 Å². The fraction of sp³-hybridized carbons (Fsp3) is 0.312. The van der Waals surface area contributed by atoms with Gasteiger partial charge in [0.05, 0.1) is 38.7 Å². The Kier molecular flexibility index (Phi) is 11.0. The highest BCUT2D eigenvalue weighted by molar-refractivity contribution is 8.15. The molecule has 1 saturated heterocycles. The van der Waals surface area contributed by atoms with Crippen molar-refractivity contribution in [3.05, 3.63) is 77.9 Å². The molecule has 1 N–H and O–H groups in total. The van der Waals surface area contributed by atoms with Crippen molar-refractivity contribution in [1.29, 1.82) is 0 Å². The van der Waals surface area contributed by atoms with Gasteiger partial charge in [0.25, 0.3) is 0 Å². The van der Waals surface area contributed by atoms with E-state index in [4.69, 9.17) is 23.9 Å². The second-order valence-corrected chi connectivity index (χ2v) is 10.6. The van der Waals surface area contributed by atoms with Crippen LogP contribution in [0.2, 0.25) is 0 Å². The largest absolute Gasteiger partial charge is 0.494 e. The van der Waals surface area contributed by atoms with Crippen molar-refractivity contribution < 1.29 is 33.3 Å². The molecule has 0 bridgehead atoms. The van der Waals surface area contributed by atoms with Gasteiger partial charge in [-0.1, -0.05) is 23.9 Å². The molecule has 226 valence electrons. The normalized spacial score (nSPS) is 15.3. The highest BCUT2D eigenvalue weighted by atomic mass is 32.2. The van der Waals surface area contributed by atoms with Gasteiger partial charge in [0, 0.05) is 24.7 Å². The fourth-order valence-electron chi connectivity index (χ4n) is 4.42. The number of methoxy groups -OCH3 is 2. The first-order chi connectivity index (χ1) is 20.8. The van der Waals surface area contributed by atoms with Crippen molar-refractivity contribution in [1.82, 2.24) is 4.90 Å². The first kappa shape index (κ1) is 31.4. The lowest BCUT2D eigenvalue weighted by atomic mass is 10.1. The summed E-state index contributed by atoms with van der Waals surface area (Å²) in [7, 11) is 3.15. The summed E-state index contributed by atoms with van der Waals surface area (Å²) < 4.78 is 21.3. The summed E-state index contributed by atoms with van der Waals surface area (Å²) in [6.45, 7) is 4.77. The Balaban J connectivity index is 1.53. The van der Waals surface area contributed by atoms with Gasteiger partial charge in [-0.25, -0.2) is 9.79 Å². The summed E-state index contributed by atoms with van der Waals surface area (Å²) in [5.74, 6) is 0.953. The number of amides is 2. The van der Waals surface area contributed by atoms with Crippen LogP contribution in [0.25, 0.3) is 0 Å². The molecule has 3 aromatic carbocycles. The monoisotopic (exact) mass is 605 g/mol. The van der Waals surface area contributed by atoms with Gasteiger partial charge in [-0.2, -0.15) is 0 Å². The van der Waals surface area contributed by atoms with Crippen LogP contribution in [0.5, 0.6) is 17.2 Å². The Hall–Kier alpha value is -4.51. The molecule has 2 amide bonds. The third-order valence-electron chi connectivity index (χ3n) is 6.49. The van der Waals surface area contributed by atoms with Gasteiger partial charge in [-0.3, -0.25) is 14.5 Å². The highest BCUT2D eigenvalue weighted by Gasteiger charge is 2.39. The summed E-state index contributed by atoms with van der Waals surface area (Å²) in [5, 5.41) is 2.69. The number of esters is 1. The Labute approximate surface area is 255 Å². The molecule has 4 rings (SSSR count). The number of hydrogen-bond acceptors (Lipinski definition) is 9. The van der Waals surface area contributed by atoms with E-state index in [9.17, 15) is 14.4 Å². The minimum absolute atomic E-state index is 0.0317. The van der Waals surface area contributed by atoms with Gasteiger partial charge in [0.2, 0.25) is 11.8 Å². The molecule has 0 radical (unpaired) electrons. The van der Waals surface area contributed by atoms with Crippen molar-refractivity contribution in [2.24, 2.45) is 4.99 Å². The molecule has 0 spiro atoms. The van der Waals surface area contributed by atoms with Gasteiger partial charge in [0.1, 0.15) is 11.0 Å². The average Bonchev–Trinajstić information content (AvgIpc) is 3.29. The van der Waals surface area contributed by atoms with Gasteiger partial charge < -0.3 is 24.3 Å². The molecule has 1 aliphatic heterocycles. The van der Waals surface area contributed by atoms with Crippen LogP contribution in [-0.4, -0.2) is 67.1 Å². The second kappa shape index (κ2) is 15.1. The third-order valence-corrected chi connectivity index (χ3v) is 7.67. The molecule has 0 aliphatic carbocycles. The predicted octanol–water partition coefficient (Wildman–Crippen LogP) is 5.48. The zero-order valence-corrected chi connectivity index (χ0v) is 25.4. The number of benzene rings is 3. The minimum atomic E-state index is -0.655. The molecule has 3 aromatic rings. The van der Waals surface area contributed by atoms with Crippen LogP contribution in [0.15, 0.2) is 71.7 Å². The molecular formula is C32H35N3O7S. The van der Waals surface area contributed by atoms with Gasteiger partial charge in [0.15, 0.2) is 16.7 Å². The molecule has 43 heavy (non-hydrogen) atoms. The van der Waals surface area contributed by atoms with Gasteiger partial charge in [-0.15, -0.1) is 0 Å². The first-order valence-corrected chi connectivity index (χ1v) is 14.8. The standard InChI is InChI=1S/C32H35N3O7S/c1-5-41-25-9-7-8-24(19-25)33-29(36)20-28-30(37)35(17-16-21-10-15-26(39-3)27(18-21)40-4)32(43-28)34-23-13-11-22(12-14-23)31(38)42-6-2/h7-15,18-19,28H,5-6,16-17,20H2,1-4H3,(H,33,36)/t28-/m0/s1. The van der Waals surface area contributed by atoms with Crippen LogP contribution in [0.3, 0.4) is 0 Å². The van der Waals surface area contributed by atoms with E-state index in [-0.39, 0.29) is 24.8 Å². The Morgan fingerprint density at radius 1 is 0.953 bits per heavy atom. The van der Waals surface area contributed by atoms with E-state index in [0.29, 0.717) is 58.9 Å². The van der Waals surface area contributed by atoms with Gasteiger partial charge in [-0.05, 0) is 74.4 Å². The number of aliphatic imine (C=N–C) groups is 1. The van der Waals surface area contributed by atoms with E-state index in [1.807, 2.05) is 31.2 Å². The quantitative estimate of drug-likeness (QED) is 0.255. The molecule has 1 heterocycles. The summed E-state index contributed by atoms with van der Waals surface area (Å²) >= 11 is 1.24. The number of hydrogen-bond donors (Lipinski definition) is 1. The molecule has 1 aliphatic rings. The van der Waals surface area contributed by atoms with E-state index >= 15 is 0 Å². The molecule has 0 saturated carbocycles. The summed E-state index contributed by atoms with van der Waals surface area (Å²) in [6, 6.07) is 19.4. The van der Waals surface area contributed by atoms with Crippen LogP contribution in [0.4, 0.5) is 11.4 Å². The molecule has 0 aromatic heterocycles.